The smallest absolute Gasteiger partial charge is 0.245 e. The number of carbonyl (C=O) groups is 2. The number of amides is 2. The predicted octanol–water partition coefficient (Wildman–Crippen LogP) is 4.77. The summed E-state index contributed by atoms with van der Waals surface area (Å²) in [7, 11) is 0. The minimum absolute atomic E-state index is 0. The Labute approximate surface area is 242 Å². The SMILES string of the molecule is C=C1N(CC(=O)Nc2cc3c(cn2)CC2(C3)C(=O)Nc3ncccc32)[C@H](c2cc(F)cc(F)c2)CCC12CCCC2.O. The summed E-state index contributed by atoms with van der Waals surface area (Å²) in [4.78, 5) is 37.2. The lowest BCUT2D eigenvalue weighted by atomic mass is 9.72. The van der Waals surface area contributed by atoms with Gasteiger partial charge < -0.3 is 21.0 Å². The molecule has 1 saturated carbocycles. The van der Waals surface area contributed by atoms with Crippen LogP contribution in [0.3, 0.4) is 0 Å². The molecule has 1 saturated heterocycles. The number of rotatable bonds is 4. The van der Waals surface area contributed by atoms with Crippen LogP contribution in [0.4, 0.5) is 20.4 Å². The molecule has 2 fully saturated rings. The maximum absolute atomic E-state index is 14.2. The van der Waals surface area contributed by atoms with Gasteiger partial charge in [0.15, 0.2) is 0 Å². The van der Waals surface area contributed by atoms with Crippen LogP contribution in [0.25, 0.3) is 0 Å². The summed E-state index contributed by atoms with van der Waals surface area (Å²) in [5, 5.41) is 5.83. The lowest BCUT2D eigenvalue weighted by Gasteiger charge is -2.48. The zero-order chi connectivity index (χ0) is 28.4. The summed E-state index contributed by atoms with van der Waals surface area (Å²) in [5.41, 5.74) is 3.40. The van der Waals surface area contributed by atoms with Crippen LogP contribution in [-0.4, -0.2) is 38.7 Å². The Bertz CT molecular complexity index is 1580. The Hall–Kier alpha value is -4.18. The van der Waals surface area contributed by atoms with Crippen LogP contribution in [-0.2, 0) is 27.8 Å². The molecule has 42 heavy (non-hydrogen) atoms. The number of anilines is 2. The molecule has 3 aromatic rings. The Morgan fingerprint density at radius 2 is 1.81 bits per heavy atom. The van der Waals surface area contributed by atoms with E-state index in [-0.39, 0.29) is 35.3 Å². The highest BCUT2D eigenvalue weighted by Crippen LogP contribution is 2.54. The molecule has 2 amide bonds. The lowest BCUT2D eigenvalue weighted by molar-refractivity contribution is -0.120. The molecule has 8 nitrogen and oxygen atoms in total. The number of likely N-dealkylation sites (tertiary alicyclic amines) is 1. The summed E-state index contributed by atoms with van der Waals surface area (Å²) in [6, 6.07) is 8.82. The molecule has 4 aliphatic rings. The summed E-state index contributed by atoms with van der Waals surface area (Å²) < 4.78 is 28.4. The van der Waals surface area contributed by atoms with Gasteiger partial charge in [0, 0.05) is 35.1 Å². The van der Waals surface area contributed by atoms with Crippen molar-refractivity contribution in [1.29, 1.82) is 0 Å². The van der Waals surface area contributed by atoms with Crippen LogP contribution in [0, 0.1) is 17.0 Å². The molecule has 1 aromatic carbocycles. The summed E-state index contributed by atoms with van der Waals surface area (Å²) in [5.74, 6) is -0.617. The van der Waals surface area contributed by atoms with E-state index in [0.717, 1.165) is 60.6 Å². The standard InChI is InChI=1S/C32H31F2N5O2.H2O/c1-19-31(7-2-3-8-31)9-6-26(20-11-23(33)14-24(34)12-20)39(19)18-28(40)37-27-13-21-15-32(16-22(21)17-36-27)25-5-4-10-35-29(25)38-30(32)41;/h4-5,10-14,17,26H,1-3,6-9,15-16,18H2,(H,35,38,41)(H,36,37,40);1H2/t26-,32?;/m0./s1. The van der Waals surface area contributed by atoms with Crippen LogP contribution in [0.5, 0.6) is 0 Å². The Morgan fingerprint density at radius 1 is 1.07 bits per heavy atom. The molecular formula is C32H33F2N5O3. The van der Waals surface area contributed by atoms with Crippen LogP contribution in [0.15, 0.2) is 61.1 Å². The second-order valence-corrected chi connectivity index (χ2v) is 12.0. The number of fused-ring (bicyclic) bond motifs is 3. The molecule has 0 radical (unpaired) electrons. The number of piperidine rings is 1. The fourth-order valence-corrected chi connectivity index (χ4v) is 7.67. The number of hydrogen-bond acceptors (Lipinski definition) is 5. The van der Waals surface area contributed by atoms with Gasteiger partial charge in [0.2, 0.25) is 11.8 Å². The molecule has 4 N–H and O–H groups in total. The molecule has 2 aromatic heterocycles. The van der Waals surface area contributed by atoms with E-state index >= 15 is 0 Å². The van der Waals surface area contributed by atoms with E-state index in [1.165, 1.54) is 12.1 Å². The predicted molar refractivity (Wildman–Crippen MR) is 154 cm³/mol. The van der Waals surface area contributed by atoms with Gasteiger partial charge in [0.1, 0.15) is 23.3 Å². The van der Waals surface area contributed by atoms with Crippen molar-refractivity contribution in [2.24, 2.45) is 5.41 Å². The number of aromatic nitrogens is 2. The molecule has 2 aliphatic heterocycles. The molecule has 4 heterocycles. The maximum atomic E-state index is 14.2. The monoisotopic (exact) mass is 573 g/mol. The van der Waals surface area contributed by atoms with Crippen LogP contribution < -0.4 is 10.6 Å². The Balaban J connectivity index is 0.00000316. The molecule has 2 atom stereocenters. The van der Waals surface area contributed by atoms with E-state index in [9.17, 15) is 18.4 Å². The fraction of sp³-hybridized carbons (Fsp3) is 0.375. The first-order valence-electron chi connectivity index (χ1n) is 14.2. The van der Waals surface area contributed by atoms with Gasteiger partial charge in [-0.2, -0.15) is 0 Å². The second-order valence-electron chi connectivity index (χ2n) is 12.0. The first kappa shape index (κ1) is 28.0. The fourth-order valence-electron chi connectivity index (χ4n) is 7.67. The summed E-state index contributed by atoms with van der Waals surface area (Å²) >= 11 is 0. The van der Waals surface area contributed by atoms with Crippen LogP contribution >= 0.6 is 0 Å². The van der Waals surface area contributed by atoms with Crippen molar-refractivity contribution in [3.63, 3.8) is 0 Å². The van der Waals surface area contributed by atoms with Crippen molar-refractivity contribution in [3.05, 3.63) is 95.0 Å². The second kappa shape index (κ2) is 10.3. The first-order chi connectivity index (χ1) is 19.8. The largest absolute Gasteiger partial charge is 0.412 e. The minimum atomic E-state index is -0.717. The van der Waals surface area contributed by atoms with Gasteiger partial charge in [-0.25, -0.2) is 18.7 Å². The average Bonchev–Trinajstić information content (AvgIpc) is 3.63. The van der Waals surface area contributed by atoms with Crippen molar-refractivity contribution in [2.45, 2.75) is 62.8 Å². The molecular weight excluding hydrogens is 540 g/mol. The van der Waals surface area contributed by atoms with Gasteiger partial charge in [0.05, 0.1) is 18.0 Å². The molecule has 7 rings (SSSR count). The quantitative estimate of drug-likeness (QED) is 0.466. The van der Waals surface area contributed by atoms with E-state index in [1.807, 2.05) is 23.1 Å². The van der Waals surface area contributed by atoms with Crippen molar-refractivity contribution in [1.82, 2.24) is 14.9 Å². The lowest BCUT2D eigenvalue weighted by Crippen LogP contribution is -2.44. The molecule has 1 unspecified atom stereocenters. The zero-order valence-corrected chi connectivity index (χ0v) is 23.2. The van der Waals surface area contributed by atoms with Gasteiger partial charge in [-0.15, -0.1) is 0 Å². The molecule has 2 aliphatic carbocycles. The first-order valence-corrected chi connectivity index (χ1v) is 14.2. The van der Waals surface area contributed by atoms with E-state index in [1.54, 1.807) is 12.4 Å². The minimum Gasteiger partial charge on any atom is -0.412 e. The molecule has 0 bridgehead atoms. The summed E-state index contributed by atoms with van der Waals surface area (Å²) in [6.07, 6.45) is 10.2. The molecule has 218 valence electrons. The van der Waals surface area contributed by atoms with Crippen molar-refractivity contribution < 1.29 is 23.8 Å². The Kier molecular flexibility index (Phi) is 6.84. The number of halogens is 2. The van der Waals surface area contributed by atoms with E-state index in [2.05, 4.69) is 27.2 Å². The highest BCUT2D eigenvalue weighted by Gasteiger charge is 2.51. The number of benzene rings is 1. The third-order valence-electron chi connectivity index (χ3n) is 9.70. The number of pyridine rings is 2. The molecule has 2 spiro atoms. The number of nitrogens with zero attached hydrogens (tertiary/aromatic N) is 3. The van der Waals surface area contributed by atoms with Gasteiger partial charge in [-0.05, 0) is 79.5 Å². The van der Waals surface area contributed by atoms with Gasteiger partial charge in [-0.1, -0.05) is 25.5 Å². The maximum Gasteiger partial charge on any atom is 0.245 e. The highest BCUT2D eigenvalue weighted by atomic mass is 19.1. The van der Waals surface area contributed by atoms with Crippen LogP contribution in [0.1, 0.15) is 66.8 Å². The third-order valence-corrected chi connectivity index (χ3v) is 9.70. The van der Waals surface area contributed by atoms with Gasteiger partial charge in [0.25, 0.3) is 0 Å². The molecule has 10 heteroatoms. The third kappa shape index (κ3) is 4.45. The van der Waals surface area contributed by atoms with Gasteiger partial charge in [-0.3, -0.25) is 9.59 Å². The van der Waals surface area contributed by atoms with Crippen molar-refractivity contribution >= 4 is 23.5 Å². The highest BCUT2D eigenvalue weighted by molar-refractivity contribution is 6.06. The topological polar surface area (TPSA) is 119 Å². The van der Waals surface area contributed by atoms with E-state index in [4.69, 9.17) is 0 Å². The zero-order valence-electron chi connectivity index (χ0n) is 23.2. The normalized spacial score (nSPS) is 23.5. The van der Waals surface area contributed by atoms with E-state index < -0.39 is 17.0 Å². The number of carbonyl (C=O) groups excluding carboxylic acids is 2. The summed E-state index contributed by atoms with van der Waals surface area (Å²) in [6.45, 7) is 4.42. The average molecular weight is 574 g/mol. The van der Waals surface area contributed by atoms with Gasteiger partial charge >= 0.3 is 0 Å². The number of nitrogens with one attached hydrogen (secondary N) is 2. The van der Waals surface area contributed by atoms with Crippen molar-refractivity contribution in [2.75, 3.05) is 17.2 Å². The van der Waals surface area contributed by atoms with E-state index in [0.29, 0.717) is 36.5 Å². The Morgan fingerprint density at radius 3 is 2.57 bits per heavy atom. The number of hydrogen-bond donors (Lipinski definition) is 2. The van der Waals surface area contributed by atoms with Crippen molar-refractivity contribution in [3.8, 4) is 0 Å². The number of allylic oxidation sites excluding steroid dienone is 1. The van der Waals surface area contributed by atoms with Crippen LogP contribution in [0.2, 0.25) is 0 Å².